The van der Waals surface area contributed by atoms with Gasteiger partial charge in [-0.2, -0.15) is 10.5 Å². The van der Waals surface area contributed by atoms with Gasteiger partial charge in [0.15, 0.2) is 0 Å². The molecule has 2 atom stereocenters. The molecule has 1 aliphatic carbocycles. The Morgan fingerprint density at radius 3 is 2.13 bits per heavy atom. The SMILES string of the molecule is N#CC(C#N)=C1C2CC3CC1CN(C3)C2. The average molecular weight is 199 g/mol. The van der Waals surface area contributed by atoms with E-state index in [0.717, 1.165) is 19.0 Å². The van der Waals surface area contributed by atoms with E-state index in [1.54, 1.807) is 0 Å². The van der Waals surface area contributed by atoms with E-state index < -0.39 is 0 Å². The molecule has 0 aromatic carbocycles. The molecular weight excluding hydrogens is 186 g/mol. The van der Waals surface area contributed by atoms with Crippen molar-refractivity contribution >= 4 is 0 Å². The van der Waals surface area contributed by atoms with Gasteiger partial charge in [0.05, 0.1) is 0 Å². The van der Waals surface area contributed by atoms with Crippen LogP contribution in [0.3, 0.4) is 0 Å². The molecular formula is C12H13N3. The lowest BCUT2D eigenvalue weighted by molar-refractivity contribution is 0.0245. The molecule has 0 aromatic rings. The van der Waals surface area contributed by atoms with Gasteiger partial charge in [-0.25, -0.2) is 0 Å². The summed E-state index contributed by atoms with van der Waals surface area (Å²) in [5.74, 6) is 1.83. The standard InChI is InChI=1S/C12H13N3/c13-3-11(4-14)12-9-1-8-2-10(12)7-15(5-8)6-9/h8-10H,1-2,5-7H2. The molecule has 0 radical (unpaired) electrons. The smallest absolute Gasteiger partial charge is 0.129 e. The molecule has 4 bridgehead atoms. The minimum absolute atomic E-state index is 0.407. The van der Waals surface area contributed by atoms with Crippen molar-refractivity contribution < 1.29 is 0 Å². The summed E-state index contributed by atoms with van der Waals surface area (Å²) in [4.78, 5) is 2.50. The minimum Gasteiger partial charge on any atom is -0.302 e. The molecule has 2 unspecified atom stereocenters. The zero-order valence-corrected chi connectivity index (χ0v) is 8.61. The van der Waals surface area contributed by atoms with Crippen LogP contribution in [0.5, 0.6) is 0 Å². The first-order valence-corrected chi connectivity index (χ1v) is 5.58. The lowest BCUT2D eigenvalue weighted by atomic mass is 9.64. The van der Waals surface area contributed by atoms with Gasteiger partial charge in [-0.3, -0.25) is 0 Å². The van der Waals surface area contributed by atoms with Crippen molar-refractivity contribution in [1.82, 2.24) is 4.90 Å². The third-order valence-electron chi connectivity index (χ3n) is 4.10. The third kappa shape index (κ3) is 1.20. The Morgan fingerprint density at radius 2 is 1.67 bits per heavy atom. The fourth-order valence-corrected chi connectivity index (χ4v) is 3.76. The van der Waals surface area contributed by atoms with Gasteiger partial charge in [-0.15, -0.1) is 0 Å². The molecule has 3 nitrogen and oxygen atoms in total. The van der Waals surface area contributed by atoms with Crippen LogP contribution < -0.4 is 0 Å². The Labute approximate surface area is 89.6 Å². The van der Waals surface area contributed by atoms with Gasteiger partial charge in [0.2, 0.25) is 0 Å². The maximum absolute atomic E-state index is 8.97. The molecule has 0 aromatic heterocycles. The van der Waals surface area contributed by atoms with Crippen LogP contribution in [0.15, 0.2) is 11.1 Å². The Balaban J connectivity index is 2.03. The summed E-state index contributed by atoms with van der Waals surface area (Å²) in [5, 5.41) is 17.9. The number of piperidine rings is 3. The number of hydrogen-bond donors (Lipinski definition) is 0. The summed E-state index contributed by atoms with van der Waals surface area (Å²) < 4.78 is 0. The highest BCUT2D eigenvalue weighted by molar-refractivity contribution is 5.44. The predicted molar refractivity (Wildman–Crippen MR) is 54.4 cm³/mol. The first-order chi connectivity index (χ1) is 7.31. The summed E-state index contributed by atoms with van der Waals surface area (Å²) in [5.41, 5.74) is 1.59. The molecule has 3 heteroatoms. The molecule has 0 N–H and O–H groups in total. The summed E-state index contributed by atoms with van der Waals surface area (Å²) in [6, 6.07) is 4.16. The van der Waals surface area contributed by atoms with E-state index >= 15 is 0 Å². The largest absolute Gasteiger partial charge is 0.302 e. The van der Waals surface area contributed by atoms with Gasteiger partial charge < -0.3 is 4.90 Å². The van der Waals surface area contributed by atoms with E-state index in [4.69, 9.17) is 10.5 Å². The van der Waals surface area contributed by atoms with Crippen LogP contribution in [-0.4, -0.2) is 24.5 Å². The number of rotatable bonds is 0. The predicted octanol–water partition coefficient (Wildman–Crippen LogP) is 1.30. The second kappa shape index (κ2) is 3.08. The first-order valence-electron chi connectivity index (χ1n) is 5.58. The Hall–Kier alpha value is -1.32. The van der Waals surface area contributed by atoms with Crippen LogP contribution in [0, 0.1) is 40.4 Å². The van der Waals surface area contributed by atoms with Crippen molar-refractivity contribution in [2.24, 2.45) is 17.8 Å². The molecule has 15 heavy (non-hydrogen) atoms. The van der Waals surface area contributed by atoms with E-state index in [1.807, 2.05) is 0 Å². The van der Waals surface area contributed by atoms with Gasteiger partial charge in [-0.1, -0.05) is 0 Å². The van der Waals surface area contributed by atoms with Gasteiger partial charge in [-0.05, 0) is 36.2 Å². The van der Waals surface area contributed by atoms with Crippen molar-refractivity contribution in [3.05, 3.63) is 11.1 Å². The highest BCUT2D eigenvalue weighted by atomic mass is 15.2. The highest BCUT2D eigenvalue weighted by Gasteiger charge is 2.45. The molecule has 3 aliphatic heterocycles. The molecule has 4 aliphatic rings. The summed E-state index contributed by atoms with van der Waals surface area (Å²) in [7, 11) is 0. The normalized spacial score (nSPS) is 41.1. The zero-order valence-electron chi connectivity index (χ0n) is 8.61. The van der Waals surface area contributed by atoms with E-state index in [0.29, 0.717) is 17.4 Å². The summed E-state index contributed by atoms with van der Waals surface area (Å²) >= 11 is 0. The van der Waals surface area contributed by atoms with E-state index in [9.17, 15) is 0 Å². The van der Waals surface area contributed by atoms with Crippen molar-refractivity contribution in [1.29, 1.82) is 10.5 Å². The van der Waals surface area contributed by atoms with Crippen molar-refractivity contribution in [3.63, 3.8) is 0 Å². The lowest BCUT2D eigenvalue weighted by Gasteiger charge is -2.53. The molecule has 76 valence electrons. The van der Waals surface area contributed by atoms with Crippen LogP contribution in [0.4, 0.5) is 0 Å². The number of allylic oxidation sites excluding steroid dienone is 1. The first kappa shape index (κ1) is 8.95. The minimum atomic E-state index is 0.407. The molecule has 4 fully saturated rings. The Bertz CT molecular complexity index is 362. The van der Waals surface area contributed by atoms with Crippen LogP contribution in [0.25, 0.3) is 0 Å². The molecule has 3 heterocycles. The number of hydrogen-bond acceptors (Lipinski definition) is 3. The van der Waals surface area contributed by atoms with Gasteiger partial charge >= 0.3 is 0 Å². The van der Waals surface area contributed by atoms with Gasteiger partial charge in [0, 0.05) is 19.6 Å². The topological polar surface area (TPSA) is 50.8 Å². The number of nitriles is 2. The van der Waals surface area contributed by atoms with Gasteiger partial charge in [0.25, 0.3) is 0 Å². The van der Waals surface area contributed by atoms with Gasteiger partial charge in [0.1, 0.15) is 17.7 Å². The second-order valence-corrected chi connectivity index (χ2v) is 5.00. The molecule has 4 rings (SSSR count). The fraction of sp³-hybridized carbons (Fsp3) is 0.667. The Morgan fingerprint density at radius 1 is 1.07 bits per heavy atom. The van der Waals surface area contributed by atoms with E-state index in [1.165, 1.54) is 25.0 Å². The van der Waals surface area contributed by atoms with Crippen molar-refractivity contribution in [2.75, 3.05) is 19.6 Å². The second-order valence-electron chi connectivity index (χ2n) is 5.00. The average Bonchev–Trinajstić information content (AvgIpc) is 2.22. The molecule has 0 amide bonds. The molecule has 3 saturated heterocycles. The van der Waals surface area contributed by atoms with Crippen molar-refractivity contribution in [2.45, 2.75) is 12.8 Å². The van der Waals surface area contributed by atoms with Crippen LogP contribution in [0.1, 0.15) is 12.8 Å². The Kier molecular flexibility index (Phi) is 1.84. The number of nitrogens with zero attached hydrogens (tertiary/aromatic N) is 3. The summed E-state index contributed by atoms with van der Waals surface area (Å²) in [6.07, 6.45) is 2.41. The lowest BCUT2D eigenvalue weighted by Crippen LogP contribution is -2.54. The van der Waals surface area contributed by atoms with Crippen LogP contribution in [0.2, 0.25) is 0 Å². The summed E-state index contributed by atoms with van der Waals surface area (Å²) in [6.45, 7) is 3.40. The fourth-order valence-electron chi connectivity index (χ4n) is 3.76. The maximum Gasteiger partial charge on any atom is 0.129 e. The molecule has 0 spiro atoms. The van der Waals surface area contributed by atoms with Crippen LogP contribution >= 0.6 is 0 Å². The molecule has 1 saturated carbocycles. The van der Waals surface area contributed by atoms with Crippen LogP contribution in [-0.2, 0) is 0 Å². The monoisotopic (exact) mass is 199 g/mol. The maximum atomic E-state index is 8.97. The van der Waals surface area contributed by atoms with Crippen molar-refractivity contribution in [3.8, 4) is 12.1 Å². The highest BCUT2D eigenvalue weighted by Crippen LogP contribution is 2.47. The van der Waals surface area contributed by atoms with E-state index in [2.05, 4.69) is 17.0 Å². The quantitative estimate of drug-likeness (QED) is 0.552. The zero-order chi connectivity index (χ0) is 10.4. The third-order valence-corrected chi connectivity index (χ3v) is 4.10. The van der Waals surface area contributed by atoms with E-state index in [-0.39, 0.29) is 0 Å².